The Bertz CT molecular complexity index is 621. The Kier molecular flexibility index (Phi) is 29.6. The maximum absolute atomic E-state index is 6.26. The summed E-state index contributed by atoms with van der Waals surface area (Å²) >= 11 is 0. The molecule has 0 aromatic rings. The fraction of sp³-hybridized carbons (Fsp3) is 0.889. The zero-order valence-corrected chi connectivity index (χ0v) is 29.6. The summed E-state index contributed by atoms with van der Waals surface area (Å²) in [4.78, 5) is 0. The van der Waals surface area contributed by atoms with Crippen LogP contribution in [0.3, 0.4) is 0 Å². The number of hydrogen-bond acceptors (Lipinski definition) is 7. The van der Waals surface area contributed by atoms with Crippen molar-refractivity contribution in [2.24, 2.45) is 0 Å². The monoisotopic (exact) mass is 615 g/mol. The van der Waals surface area contributed by atoms with E-state index in [9.17, 15) is 0 Å². The third-order valence-electron chi connectivity index (χ3n) is 7.87. The van der Waals surface area contributed by atoms with Crippen LogP contribution in [0, 0.1) is 0 Å². The molecule has 0 amide bonds. The van der Waals surface area contributed by atoms with Crippen molar-refractivity contribution in [3.8, 4) is 0 Å². The van der Waals surface area contributed by atoms with Crippen molar-refractivity contribution < 1.29 is 33.2 Å². The highest BCUT2D eigenvalue weighted by Gasteiger charge is 2.23. The molecular weight excluding hydrogens is 544 g/mol. The molecule has 0 radical (unpaired) electrons. The van der Waals surface area contributed by atoms with E-state index in [1.807, 2.05) is 0 Å². The number of hydrogen-bond donors (Lipinski definition) is 0. The van der Waals surface area contributed by atoms with Gasteiger partial charge in [-0.1, -0.05) is 118 Å². The first-order valence-corrected chi connectivity index (χ1v) is 17.5. The summed E-state index contributed by atoms with van der Waals surface area (Å²) in [5.41, 5.74) is 0. The minimum absolute atomic E-state index is 0.111. The minimum Gasteiger partial charge on any atom is -0.497 e. The quantitative estimate of drug-likeness (QED) is 0.0424. The Labute approximate surface area is 266 Å². The van der Waals surface area contributed by atoms with Crippen molar-refractivity contribution in [2.75, 3.05) is 42.0 Å². The van der Waals surface area contributed by atoms with E-state index in [1.165, 1.54) is 77.0 Å². The molecule has 7 heteroatoms. The summed E-state index contributed by atoms with van der Waals surface area (Å²) in [6, 6.07) is 0. The second-order valence-electron chi connectivity index (χ2n) is 11.5. The molecule has 0 heterocycles. The van der Waals surface area contributed by atoms with Crippen LogP contribution in [0.15, 0.2) is 23.0 Å². The number of ether oxygens (including phenoxy) is 7. The zero-order valence-electron chi connectivity index (χ0n) is 29.6. The van der Waals surface area contributed by atoms with Gasteiger partial charge in [-0.25, -0.2) is 0 Å². The average Bonchev–Trinajstić information content (AvgIpc) is 3.02. The second kappa shape index (κ2) is 30.6. The lowest BCUT2D eigenvalue weighted by atomic mass is 10.0. The Balaban J connectivity index is 5.21. The lowest BCUT2D eigenvalue weighted by Gasteiger charge is -2.24. The van der Waals surface area contributed by atoms with Crippen LogP contribution in [0.4, 0.5) is 0 Å². The fourth-order valence-electron chi connectivity index (χ4n) is 5.40. The molecule has 0 aliphatic rings. The molecule has 0 aliphatic carbocycles. The van der Waals surface area contributed by atoms with Gasteiger partial charge in [0.1, 0.15) is 23.7 Å². The van der Waals surface area contributed by atoms with Crippen molar-refractivity contribution in [2.45, 2.75) is 168 Å². The molecule has 256 valence electrons. The molecule has 43 heavy (non-hydrogen) atoms. The van der Waals surface area contributed by atoms with Crippen molar-refractivity contribution in [3.05, 3.63) is 23.0 Å². The first-order valence-electron chi connectivity index (χ1n) is 17.5. The second-order valence-corrected chi connectivity index (χ2v) is 11.5. The molecule has 0 saturated heterocycles. The van der Waals surface area contributed by atoms with Gasteiger partial charge < -0.3 is 33.2 Å². The molecule has 0 rings (SSSR count). The van der Waals surface area contributed by atoms with Gasteiger partial charge in [-0.05, 0) is 25.7 Å². The van der Waals surface area contributed by atoms with Crippen LogP contribution in [0.2, 0.25) is 0 Å². The molecule has 7 nitrogen and oxygen atoms in total. The predicted molar refractivity (Wildman–Crippen MR) is 178 cm³/mol. The number of methoxy groups -OCH3 is 4. The third kappa shape index (κ3) is 20.3. The van der Waals surface area contributed by atoms with Gasteiger partial charge in [-0.2, -0.15) is 0 Å². The SMILES string of the molecule is CCCCCCCCCC(OCOCOC(CCCCCCCCC)C(OC)=C(CCC)OC)C(OC)=C(CCC)OC. The van der Waals surface area contributed by atoms with Crippen LogP contribution < -0.4 is 0 Å². The number of unbranched alkanes of at least 4 members (excludes halogenated alkanes) is 12. The summed E-state index contributed by atoms with van der Waals surface area (Å²) in [6.07, 6.45) is 22.3. The third-order valence-corrected chi connectivity index (χ3v) is 7.87. The summed E-state index contributed by atoms with van der Waals surface area (Å²) in [7, 11) is 6.81. The van der Waals surface area contributed by atoms with E-state index in [1.54, 1.807) is 28.4 Å². The topological polar surface area (TPSA) is 64.6 Å². The van der Waals surface area contributed by atoms with Crippen LogP contribution in [0.25, 0.3) is 0 Å². The molecule has 2 unspecified atom stereocenters. The number of rotatable bonds is 32. The van der Waals surface area contributed by atoms with Gasteiger partial charge >= 0.3 is 0 Å². The van der Waals surface area contributed by atoms with Crippen molar-refractivity contribution >= 4 is 0 Å². The Morgan fingerprint density at radius 1 is 0.419 bits per heavy atom. The normalized spacial score (nSPS) is 14.1. The van der Waals surface area contributed by atoms with Crippen LogP contribution >= 0.6 is 0 Å². The lowest BCUT2D eigenvalue weighted by Crippen LogP contribution is -2.24. The zero-order chi connectivity index (χ0) is 32.0. The minimum atomic E-state index is -0.218. The van der Waals surface area contributed by atoms with Crippen molar-refractivity contribution in [1.82, 2.24) is 0 Å². The van der Waals surface area contributed by atoms with E-state index in [0.717, 1.165) is 74.4 Å². The smallest absolute Gasteiger partial charge is 0.162 e. The van der Waals surface area contributed by atoms with E-state index in [0.29, 0.717) is 0 Å². The van der Waals surface area contributed by atoms with Gasteiger partial charge in [0.25, 0.3) is 0 Å². The van der Waals surface area contributed by atoms with Crippen LogP contribution in [-0.4, -0.2) is 54.2 Å². The molecule has 2 atom stereocenters. The maximum Gasteiger partial charge on any atom is 0.162 e. The summed E-state index contributed by atoms with van der Waals surface area (Å²) in [5.74, 6) is 3.24. The molecule has 0 spiro atoms. The van der Waals surface area contributed by atoms with Crippen LogP contribution in [0.1, 0.15) is 156 Å². The molecular formula is C36H70O7. The fourth-order valence-corrected chi connectivity index (χ4v) is 5.40. The van der Waals surface area contributed by atoms with E-state index in [-0.39, 0.29) is 25.8 Å². The standard InChI is InChI=1S/C36H70O7/c1-9-13-15-17-19-21-23-27-33(35(39-7)31(37-5)25-11-3)42-29-41-30-43-34(28-24-22-20-18-16-14-10-2)36(40-8)32(38-6)26-12-4/h33-34H,9-30H2,1-8H3. The highest BCUT2D eigenvalue weighted by atomic mass is 16.7. The van der Waals surface area contributed by atoms with E-state index < -0.39 is 0 Å². The highest BCUT2D eigenvalue weighted by molar-refractivity contribution is 5.08. The number of allylic oxidation sites excluding steroid dienone is 2. The largest absolute Gasteiger partial charge is 0.497 e. The first-order chi connectivity index (χ1) is 21.1. The predicted octanol–water partition coefficient (Wildman–Crippen LogP) is 10.6. The van der Waals surface area contributed by atoms with E-state index in [4.69, 9.17) is 33.2 Å². The highest BCUT2D eigenvalue weighted by Crippen LogP contribution is 2.25. The Morgan fingerprint density at radius 2 is 0.767 bits per heavy atom. The molecule has 0 bridgehead atoms. The molecule has 0 aromatic heterocycles. The average molecular weight is 615 g/mol. The van der Waals surface area contributed by atoms with Gasteiger partial charge in [0.2, 0.25) is 0 Å². The van der Waals surface area contributed by atoms with Crippen LogP contribution in [-0.2, 0) is 33.2 Å². The summed E-state index contributed by atoms with van der Waals surface area (Å²) in [6.45, 7) is 9.01. The molecule has 0 aromatic carbocycles. The van der Waals surface area contributed by atoms with E-state index in [2.05, 4.69) is 27.7 Å². The van der Waals surface area contributed by atoms with Crippen LogP contribution in [0.5, 0.6) is 0 Å². The first kappa shape index (κ1) is 41.6. The van der Waals surface area contributed by atoms with Crippen molar-refractivity contribution in [3.63, 3.8) is 0 Å². The Morgan fingerprint density at radius 3 is 1.07 bits per heavy atom. The van der Waals surface area contributed by atoms with Gasteiger partial charge in [0.05, 0.1) is 28.4 Å². The summed E-state index contributed by atoms with van der Waals surface area (Å²) < 4.78 is 41.5. The van der Waals surface area contributed by atoms with Gasteiger partial charge in [-0.15, -0.1) is 0 Å². The molecule has 0 fully saturated rings. The van der Waals surface area contributed by atoms with Gasteiger partial charge in [-0.3, -0.25) is 0 Å². The lowest BCUT2D eigenvalue weighted by molar-refractivity contribution is -0.166. The van der Waals surface area contributed by atoms with Gasteiger partial charge in [0, 0.05) is 12.8 Å². The Hall–Kier alpha value is -1.44. The molecule has 0 N–H and O–H groups in total. The summed E-state index contributed by atoms with van der Waals surface area (Å²) in [5, 5.41) is 0. The van der Waals surface area contributed by atoms with Crippen molar-refractivity contribution in [1.29, 1.82) is 0 Å². The van der Waals surface area contributed by atoms with E-state index >= 15 is 0 Å². The molecule has 0 saturated carbocycles. The molecule has 0 aliphatic heterocycles. The van der Waals surface area contributed by atoms with Gasteiger partial charge in [0.15, 0.2) is 25.1 Å². The maximum atomic E-state index is 6.26.